The summed E-state index contributed by atoms with van der Waals surface area (Å²) >= 11 is 0. The molecule has 1 N–H and O–H groups in total. The Kier molecular flexibility index (Phi) is 4.93. The van der Waals surface area contributed by atoms with Gasteiger partial charge in [-0.2, -0.15) is 0 Å². The van der Waals surface area contributed by atoms with E-state index in [-0.39, 0.29) is 18.2 Å². The van der Waals surface area contributed by atoms with Crippen molar-refractivity contribution in [2.75, 3.05) is 16.8 Å². The fourth-order valence-corrected chi connectivity index (χ4v) is 2.11. The van der Waals surface area contributed by atoms with Crippen LogP contribution in [-0.2, 0) is 9.59 Å². The zero-order chi connectivity index (χ0) is 16.1. The summed E-state index contributed by atoms with van der Waals surface area (Å²) in [7, 11) is 0. The Morgan fingerprint density at radius 1 is 1.27 bits per heavy atom. The molecule has 116 valence electrons. The highest BCUT2D eigenvalue weighted by Gasteiger charge is 2.14. The second-order valence-electron chi connectivity index (χ2n) is 5.13. The maximum absolute atomic E-state index is 11.9. The Balaban J connectivity index is 1.97. The molecule has 0 radical (unpaired) electrons. The smallest absolute Gasteiger partial charge is 0.227 e. The second kappa shape index (κ2) is 6.89. The normalized spacial score (nSPS) is 10.3. The molecule has 2 aromatic rings. The van der Waals surface area contributed by atoms with E-state index < -0.39 is 0 Å². The average Bonchev–Trinajstić information content (AvgIpc) is 2.84. The lowest BCUT2D eigenvalue weighted by Crippen LogP contribution is -2.32. The lowest BCUT2D eigenvalue weighted by molar-refractivity contribution is -0.117. The molecule has 0 atom stereocenters. The molecule has 0 aliphatic carbocycles. The number of hydrogen-bond acceptors (Lipinski definition) is 4. The number of hydrogen-bond donors (Lipinski definition) is 1. The van der Waals surface area contributed by atoms with Gasteiger partial charge in [0.05, 0.1) is 0 Å². The molecule has 1 heterocycles. The third kappa shape index (κ3) is 4.18. The Morgan fingerprint density at radius 3 is 2.64 bits per heavy atom. The van der Waals surface area contributed by atoms with E-state index in [9.17, 15) is 9.59 Å². The summed E-state index contributed by atoms with van der Waals surface area (Å²) in [6.07, 6.45) is 0.180. The molecule has 0 spiro atoms. The lowest BCUT2D eigenvalue weighted by atomic mass is 10.2. The van der Waals surface area contributed by atoms with Gasteiger partial charge in [-0.05, 0) is 31.5 Å². The standard InChI is InChI=1S/C16H19N3O3/c1-11-5-4-6-14(9-11)19(13(3)20)8-7-16(21)17-15-10-12(2)22-18-15/h4-6,9-10H,7-8H2,1-3H3,(H,17,18,21). The maximum Gasteiger partial charge on any atom is 0.227 e. The number of nitrogens with zero attached hydrogens (tertiary/aromatic N) is 2. The van der Waals surface area contributed by atoms with E-state index in [4.69, 9.17) is 4.52 Å². The summed E-state index contributed by atoms with van der Waals surface area (Å²) in [5, 5.41) is 6.34. The molecule has 0 bridgehead atoms. The van der Waals surface area contributed by atoms with Gasteiger partial charge in [-0.1, -0.05) is 17.3 Å². The van der Waals surface area contributed by atoms with Crippen LogP contribution in [0.5, 0.6) is 0 Å². The minimum Gasteiger partial charge on any atom is -0.360 e. The van der Waals surface area contributed by atoms with Crippen molar-refractivity contribution in [3.05, 3.63) is 41.7 Å². The number of aromatic nitrogens is 1. The summed E-state index contributed by atoms with van der Waals surface area (Å²) in [6.45, 7) is 5.50. The number of benzene rings is 1. The minimum absolute atomic E-state index is 0.101. The molecule has 0 aliphatic rings. The molecule has 2 amide bonds. The van der Waals surface area contributed by atoms with Crippen molar-refractivity contribution in [2.24, 2.45) is 0 Å². The van der Waals surface area contributed by atoms with Crippen molar-refractivity contribution in [3.63, 3.8) is 0 Å². The number of carbonyl (C=O) groups excluding carboxylic acids is 2. The lowest BCUT2D eigenvalue weighted by Gasteiger charge is -2.21. The van der Waals surface area contributed by atoms with Crippen molar-refractivity contribution < 1.29 is 14.1 Å². The number of aryl methyl sites for hydroxylation is 2. The van der Waals surface area contributed by atoms with Crippen molar-refractivity contribution in [3.8, 4) is 0 Å². The highest BCUT2D eigenvalue weighted by molar-refractivity contribution is 5.94. The van der Waals surface area contributed by atoms with Crippen LogP contribution in [0.25, 0.3) is 0 Å². The van der Waals surface area contributed by atoms with E-state index in [0.29, 0.717) is 18.1 Å². The fourth-order valence-electron chi connectivity index (χ4n) is 2.11. The van der Waals surface area contributed by atoms with Gasteiger partial charge in [0.15, 0.2) is 5.82 Å². The molecule has 1 aromatic carbocycles. The van der Waals surface area contributed by atoms with Gasteiger partial charge in [0, 0.05) is 31.6 Å². The molecule has 0 saturated carbocycles. The van der Waals surface area contributed by atoms with Crippen molar-refractivity contribution in [1.29, 1.82) is 0 Å². The van der Waals surface area contributed by atoms with Gasteiger partial charge in [0.25, 0.3) is 0 Å². The highest BCUT2D eigenvalue weighted by atomic mass is 16.5. The Bertz CT molecular complexity index is 679. The number of rotatable bonds is 5. The predicted molar refractivity (Wildman–Crippen MR) is 83.7 cm³/mol. The van der Waals surface area contributed by atoms with E-state index in [2.05, 4.69) is 10.5 Å². The molecule has 0 saturated heterocycles. The van der Waals surface area contributed by atoms with Crippen LogP contribution < -0.4 is 10.2 Å². The van der Waals surface area contributed by atoms with Crippen LogP contribution in [0.2, 0.25) is 0 Å². The molecule has 6 heteroatoms. The quantitative estimate of drug-likeness (QED) is 0.921. The first-order valence-corrected chi connectivity index (χ1v) is 7.03. The van der Waals surface area contributed by atoms with Gasteiger partial charge in [0.2, 0.25) is 11.8 Å². The molecular weight excluding hydrogens is 282 g/mol. The number of amides is 2. The Morgan fingerprint density at radius 2 is 2.05 bits per heavy atom. The van der Waals surface area contributed by atoms with E-state index in [1.54, 1.807) is 17.9 Å². The van der Waals surface area contributed by atoms with Gasteiger partial charge in [-0.15, -0.1) is 0 Å². The molecule has 0 aliphatic heterocycles. The molecule has 0 unspecified atom stereocenters. The number of anilines is 2. The summed E-state index contributed by atoms with van der Waals surface area (Å²) in [5.41, 5.74) is 1.85. The minimum atomic E-state index is -0.216. The van der Waals surface area contributed by atoms with Gasteiger partial charge in [-0.3, -0.25) is 9.59 Å². The van der Waals surface area contributed by atoms with Crippen molar-refractivity contribution >= 4 is 23.3 Å². The van der Waals surface area contributed by atoms with Crippen LogP contribution in [0.4, 0.5) is 11.5 Å². The fraction of sp³-hybridized carbons (Fsp3) is 0.312. The van der Waals surface area contributed by atoms with E-state index in [1.807, 2.05) is 31.2 Å². The Hall–Kier alpha value is -2.63. The van der Waals surface area contributed by atoms with Crippen molar-refractivity contribution in [1.82, 2.24) is 5.16 Å². The first-order valence-electron chi connectivity index (χ1n) is 7.03. The molecule has 0 fully saturated rings. The van der Waals surface area contributed by atoms with Crippen LogP contribution in [0.15, 0.2) is 34.9 Å². The van der Waals surface area contributed by atoms with Gasteiger partial charge in [0.1, 0.15) is 5.76 Å². The van der Waals surface area contributed by atoms with Crippen LogP contribution in [0.1, 0.15) is 24.7 Å². The van der Waals surface area contributed by atoms with Crippen LogP contribution in [0.3, 0.4) is 0 Å². The summed E-state index contributed by atoms with van der Waals surface area (Å²) in [4.78, 5) is 25.3. The SMILES string of the molecule is CC(=O)N(CCC(=O)Nc1cc(C)on1)c1cccc(C)c1. The van der Waals surface area contributed by atoms with Gasteiger partial charge < -0.3 is 14.7 Å². The summed E-state index contributed by atoms with van der Waals surface area (Å²) in [5.74, 6) is 0.690. The summed E-state index contributed by atoms with van der Waals surface area (Å²) in [6, 6.07) is 9.26. The first-order chi connectivity index (χ1) is 10.5. The number of carbonyl (C=O) groups is 2. The van der Waals surface area contributed by atoms with Gasteiger partial charge in [-0.25, -0.2) is 0 Å². The summed E-state index contributed by atoms with van der Waals surface area (Å²) < 4.78 is 4.88. The zero-order valence-corrected chi connectivity index (χ0v) is 12.9. The van der Waals surface area contributed by atoms with Crippen LogP contribution in [0, 0.1) is 13.8 Å². The third-order valence-corrected chi connectivity index (χ3v) is 3.15. The van der Waals surface area contributed by atoms with Gasteiger partial charge >= 0.3 is 0 Å². The maximum atomic E-state index is 11.9. The molecule has 1 aromatic heterocycles. The van der Waals surface area contributed by atoms with E-state index >= 15 is 0 Å². The zero-order valence-electron chi connectivity index (χ0n) is 12.9. The molecule has 22 heavy (non-hydrogen) atoms. The predicted octanol–water partition coefficient (Wildman–Crippen LogP) is 2.67. The van der Waals surface area contributed by atoms with E-state index in [1.165, 1.54) is 6.92 Å². The molecular formula is C16H19N3O3. The third-order valence-electron chi connectivity index (χ3n) is 3.15. The topological polar surface area (TPSA) is 75.4 Å². The average molecular weight is 301 g/mol. The first kappa shape index (κ1) is 15.8. The van der Waals surface area contributed by atoms with Crippen molar-refractivity contribution in [2.45, 2.75) is 27.2 Å². The van der Waals surface area contributed by atoms with Crippen LogP contribution in [-0.4, -0.2) is 23.5 Å². The van der Waals surface area contributed by atoms with E-state index in [0.717, 1.165) is 11.3 Å². The largest absolute Gasteiger partial charge is 0.360 e. The van der Waals surface area contributed by atoms with Crippen LogP contribution >= 0.6 is 0 Å². The number of nitrogens with one attached hydrogen (secondary N) is 1. The Labute approximate surface area is 129 Å². The molecule has 6 nitrogen and oxygen atoms in total. The highest BCUT2D eigenvalue weighted by Crippen LogP contribution is 2.17. The monoisotopic (exact) mass is 301 g/mol. The molecule has 2 rings (SSSR count). The second-order valence-corrected chi connectivity index (χ2v) is 5.13.